The van der Waals surface area contributed by atoms with Gasteiger partial charge in [0.05, 0.1) is 6.61 Å². The van der Waals surface area contributed by atoms with E-state index >= 15 is 0 Å². The van der Waals surface area contributed by atoms with E-state index in [9.17, 15) is 4.79 Å². The Kier molecular flexibility index (Phi) is 4.37. The van der Waals surface area contributed by atoms with E-state index in [4.69, 9.17) is 5.11 Å². The molecule has 1 saturated carbocycles. The van der Waals surface area contributed by atoms with Crippen LogP contribution < -0.4 is 5.32 Å². The molecular formula is C15H21NO2. The van der Waals surface area contributed by atoms with E-state index < -0.39 is 0 Å². The van der Waals surface area contributed by atoms with E-state index in [1.54, 1.807) is 0 Å². The lowest BCUT2D eigenvalue weighted by Gasteiger charge is -2.25. The largest absolute Gasteiger partial charge is 0.392 e. The van der Waals surface area contributed by atoms with Gasteiger partial charge in [-0.3, -0.25) is 4.79 Å². The molecule has 0 heterocycles. The van der Waals surface area contributed by atoms with E-state index in [0.717, 1.165) is 42.9 Å². The van der Waals surface area contributed by atoms with Crippen LogP contribution in [0.2, 0.25) is 0 Å². The fourth-order valence-electron chi connectivity index (χ4n) is 2.51. The number of hydrogen-bond donors (Lipinski definition) is 2. The van der Waals surface area contributed by atoms with Crippen molar-refractivity contribution in [2.45, 2.75) is 39.2 Å². The highest BCUT2D eigenvalue weighted by Crippen LogP contribution is 2.29. The first-order valence-corrected chi connectivity index (χ1v) is 6.69. The van der Waals surface area contributed by atoms with Crippen molar-refractivity contribution in [2.75, 3.05) is 5.32 Å². The molecule has 1 amide bonds. The van der Waals surface area contributed by atoms with E-state index in [0.29, 0.717) is 0 Å². The molecule has 1 aromatic carbocycles. The zero-order valence-electron chi connectivity index (χ0n) is 10.9. The first-order valence-electron chi connectivity index (χ1n) is 6.69. The molecule has 1 aliphatic carbocycles. The van der Waals surface area contributed by atoms with Gasteiger partial charge in [-0.1, -0.05) is 19.1 Å². The molecule has 2 N–H and O–H groups in total. The van der Waals surface area contributed by atoms with Gasteiger partial charge in [-0.2, -0.15) is 0 Å². The fraction of sp³-hybridized carbons (Fsp3) is 0.533. The number of aliphatic hydroxyl groups excluding tert-OH is 1. The third kappa shape index (κ3) is 3.33. The Bertz CT molecular complexity index is 409. The summed E-state index contributed by atoms with van der Waals surface area (Å²) in [6, 6.07) is 7.38. The quantitative estimate of drug-likeness (QED) is 0.862. The van der Waals surface area contributed by atoms with E-state index in [2.05, 4.69) is 12.2 Å². The summed E-state index contributed by atoms with van der Waals surface area (Å²) in [5.74, 6) is 1.03. The molecule has 98 valence electrons. The average Bonchev–Trinajstić information content (AvgIpc) is 2.39. The fourth-order valence-corrected chi connectivity index (χ4v) is 2.51. The average molecular weight is 247 g/mol. The van der Waals surface area contributed by atoms with Gasteiger partial charge < -0.3 is 10.4 Å². The Hall–Kier alpha value is -1.35. The predicted octanol–water partition coefficient (Wildman–Crippen LogP) is 2.94. The predicted molar refractivity (Wildman–Crippen MR) is 72.1 cm³/mol. The molecule has 0 bridgehead atoms. The molecule has 1 aromatic rings. The molecule has 0 atom stereocenters. The Morgan fingerprint density at radius 1 is 1.33 bits per heavy atom. The van der Waals surface area contributed by atoms with Gasteiger partial charge in [0.25, 0.3) is 0 Å². The molecule has 0 aliphatic heterocycles. The van der Waals surface area contributed by atoms with Gasteiger partial charge in [-0.15, -0.1) is 0 Å². The van der Waals surface area contributed by atoms with Gasteiger partial charge in [-0.25, -0.2) is 0 Å². The van der Waals surface area contributed by atoms with Crippen LogP contribution in [0, 0.1) is 11.8 Å². The number of benzene rings is 1. The topological polar surface area (TPSA) is 49.3 Å². The molecule has 1 aliphatic rings. The summed E-state index contributed by atoms with van der Waals surface area (Å²) in [4.78, 5) is 12.1. The Morgan fingerprint density at radius 3 is 2.72 bits per heavy atom. The third-order valence-corrected chi connectivity index (χ3v) is 3.76. The summed E-state index contributed by atoms with van der Waals surface area (Å²) in [5, 5.41) is 12.0. The van der Waals surface area contributed by atoms with Crippen LogP contribution in [0.4, 0.5) is 5.69 Å². The highest BCUT2D eigenvalue weighted by molar-refractivity contribution is 5.92. The zero-order chi connectivity index (χ0) is 13.0. The standard InChI is InChI=1S/C15H21NO2/c1-11-5-7-13(8-6-11)15(18)16-14-4-2-3-12(9-14)10-17/h2-4,9,11,13,17H,5-8,10H2,1H3,(H,16,18). The molecule has 2 rings (SSSR count). The molecule has 3 heteroatoms. The zero-order valence-corrected chi connectivity index (χ0v) is 10.9. The molecule has 0 aromatic heterocycles. The van der Waals surface area contributed by atoms with Crippen LogP contribution >= 0.6 is 0 Å². The lowest BCUT2D eigenvalue weighted by Crippen LogP contribution is -2.26. The van der Waals surface area contributed by atoms with Gasteiger partial charge in [0.1, 0.15) is 0 Å². The highest BCUT2D eigenvalue weighted by atomic mass is 16.3. The van der Waals surface area contributed by atoms with Crippen LogP contribution in [-0.4, -0.2) is 11.0 Å². The van der Waals surface area contributed by atoms with Gasteiger partial charge in [0.15, 0.2) is 0 Å². The molecule has 3 nitrogen and oxygen atoms in total. The number of hydrogen-bond acceptors (Lipinski definition) is 2. The summed E-state index contributed by atoms with van der Waals surface area (Å²) in [5.41, 5.74) is 1.61. The van der Waals surface area contributed by atoms with Crippen molar-refractivity contribution >= 4 is 11.6 Å². The number of aliphatic hydroxyl groups is 1. The van der Waals surface area contributed by atoms with Crippen molar-refractivity contribution in [2.24, 2.45) is 11.8 Å². The smallest absolute Gasteiger partial charge is 0.227 e. The normalized spacial score (nSPS) is 23.7. The van der Waals surface area contributed by atoms with Gasteiger partial charge >= 0.3 is 0 Å². The van der Waals surface area contributed by atoms with E-state index in [-0.39, 0.29) is 18.4 Å². The second kappa shape index (κ2) is 6.01. The number of carbonyl (C=O) groups is 1. The number of nitrogens with one attached hydrogen (secondary N) is 1. The lowest BCUT2D eigenvalue weighted by molar-refractivity contribution is -0.121. The van der Waals surface area contributed by atoms with Crippen molar-refractivity contribution < 1.29 is 9.90 Å². The number of carbonyl (C=O) groups excluding carboxylic acids is 1. The SMILES string of the molecule is CC1CCC(C(=O)Nc2cccc(CO)c2)CC1. The van der Waals surface area contributed by atoms with Crippen molar-refractivity contribution in [1.82, 2.24) is 0 Å². The van der Waals surface area contributed by atoms with Crippen LogP contribution in [0.3, 0.4) is 0 Å². The molecule has 0 radical (unpaired) electrons. The maximum atomic E-state index is 12.1. The second-order valence-electron chi connectivity index (χ2n) is 5.30. The third-order valence-electron chi connectivity index (χ3n) is 3.76. The van der Waals surface area contributed by atoms with Crippen LogP contribution in [0.15, 0.2) is 24.3 Å². The first-order chi connectivity index (χ1) is 8.69. The second-order valence-corrected chi connectivity index (χ2v) is 5.30. The summed E-state index contributed by atoms with van der Waals surface area (Å²) in [7, 11) is 0. The van der Waals surface area contributed by atoms with Gasteiger partial charge in [0.2, 0.25) is 5.91 Å². The first kappa shape index (κ1) is 13.1. The molecule has 0 unspecified atom stereocenters. The molecule has 18 heavy (non-hydrogen) atoms. The molecule has 0 spiro atoms. The number of rotatable bonds is 3. The van der Waals surface area contributed by atoms with Crippen molar-refractivity contribution in [3.63, 3.8) is 0 Å². The molecular weight excluding hydrogens is 226 g/mol. The summed E-state index contributed by atoms with van der Waals surface area (Å²) in [6.45, 7) is 2.25. The van der Waals surface area contributed by atoms with Crippen LogP contribution in [0.5, 0.6) is 0 Å². The minimum Gasteiger partial charge on any atom is -0.392 e. The highest BCUT2D eigenvalue weighted by Gasteiger charge is 2.24. The summed E-state index contributed by atoms with van der Waals surface area (Å²) >= 11 is 0. The minimum atomic E-state index is 0.00462. The minimum absolute atomic E-state index is 0.00462. The maximum absolute atomic E-state index is 12.1. The molecule has 0 saturated heterocycles. The van der Waals surface area contributed by atoms with Crippen LogP contribution in [0.25, 0.3) is 0 Å². The van der Waals surface area contributed by atoms with E-state index in [1.807, 2.05) is 24.3 Å². The molecule has 1 fully saturated rings. The monoisotopic (exact) mass is 247 g/mol. The summed E-state index contributed by atoms with van der Waals surface area (Å²) in [6.07, 6.45) is 4.28. The summed E-state index contributed by atoms with van der Waals surface area (Å²) < 4.78 is 0. The van der Waals surface area contributed by atoms with Gasteiger partial charge in [0, 0.05) is 11.6 Å². The lowest BCUT2D eigenvalue weighted by atomic mass is 9.82. The van der Waals surface area contributed by atoms with Crippen LogP contribution in [0.1, 0.15) is 38.2 Å². The number of amides is 1. The Morgan fingerprint density at radius 2 is 2.06 bits per heavy atom. The number of anilines is 1. The van der Waals surface area contributed by atoms with Crippen molar-refractivity contribution in [1.29, 1.82) is 0 Å². The van der Waals surface area contributed by atoms with E-state index in [1.165, 1.54) is 0 Å². The Balaban J connectivity index is 1.94. The van der Waals surface area contributed by atoms with Crippen molar-refractivity contribution in [3.8, 4) is 0 Å². The maximum Gasteiger partial charge on any atom is 0.227 e. The Labute approximate surface area is 108 Å². The van der Waals surface area contributed by atoms with Gasteiger partial charge in [-0.05, 0) is 49.3 Å². The van der Waals surface area contributed by atoms with Crippen LogP contribution in [-0.2, 0) is 11.4 Å². The van der Waals surface area contributed by atoms with Crippen molar-refractivity contribution in [3.05, 3.63) is 29.8 Å².